The van der Waals surface area contributed by atoms with Crippen molar-refractivity contribution in [2.45, 2.75) is 31.9 Å². The van der Waals surface area contributed by atoms with Crippen LogP contribution in [-0.4, -0.2) is 25.9 Å². The van der Waals surface area contributed by atoms with E-state index in [0.29, 0.717) is 17.9 Å². The van der Waals surface area contributed by atoms with E-state index in [9.17, 15) is 4.39 Å². The normalized spacial score (nSPS) is 23.0. The Morgan fingerprint density at radius 1 is 1.41 bits per heavy atom. The summed E-state index contributed by atoms with van der Waals surface area (Å²) in [6.45, 7) is 2.76. The van der Waals surface area contributed by atoms with Crippen molar-refractivity contribution in [3.63, 3.8) is 0 Å². The molecule has 1 aromatic carbocycles. The third kappa shape index (κ3) is 2.88. The fraction of sp³-hybridized carbons (Fsp3) is 0.538. The van der Waals surface area contributed by atoms with Crippen LogP contribution in [0.1, 0.15) is 19.8 Å². The molecule has 0 amide bonds. The third-order valence-corrected chi connectivity index (χ3v) is 3.02. The summed E-state index contributed by atoms with van der Waals surface area (Å²) in [6.07, 6.45) is 2.35. The van der Waals surface area contributed by atoms with E-state index >= 15 is 0 Å². The highest BCUT2D eigenvalue weighted by atomic mass is 19.1. The predicted molar refractivity (Wildman–Crippen MR) is 65.0 cm³/mol. The van der Waals surface area contributed by atoms with E-state index in [1.165, 1.54) is 12.1 Å². The molecule has 3 nitrogen and oxygen atoms in total. The molecule has 1 aromatic rings. The zero-order chi connectivity index (χ0) is 12.3. The van der Waals surface area contributed by atoms with E-state index in [4.69, 9.17) is 9.47 Å². The van der Waals surface area contributed by atoms with Gasteiger partial charge in [-0.1, -0.05) is 0 Å². The first kappa shape index (κ1) is 12.2. The van der Waals surface area contributed by atoms with Gasteiger partial charge in [-0.3, -0.25) is 0 Å². The van der Waals surface area contributed by atoms with Gasteiger partial charge >= 0.3 is 0 Å². The topological polar surface area (TPSA) is 30.5 Å². The van der Waals surface area contributed by atoms with Gasteiger partial charge in [0.2, 0.25) is 0 Å². The molecule has 94 valence electrons. The lowest BCUT2D eigenvalue weighted by Crippen LogP contribution is -2.40. The summed E-state index contributed by atoms with van der Waals surface area (Å²) in [5.41, 5.74) is 0.842. The lowest BCUT2D eigenvalue weighted by molar-refractivity contribution is 0.00295. The Balaban J connectivity index is 1.92. The first-order chi connectivity index (χ1) is 8.22. The predicted octanol–water partition coefficient (Wildman–Crippen LogP) is 2.81. The SMILES string of the molecule is CCOC1CC(Nc2ccc(F)cc2OC)C1. The molecule has 0 heterocycles. The van der Waals surface area contributed by atoms with E-state index in [2.05, 4.69) is 5.32 Å². The molecular formula is C13H18FNO2. The standard InChI is InChI=1S/C13H18FNO2/c1-3-17-11-7-10(8-11)15-12-5-4-9(14)6-13(12)16-2/h4-6,10-11,15H,3,7-8H2,1-2H3. The number of hydrogen-bond donors (Lipinski definition) is 1. The molecule has 1 aliphatic rings. The van der Waals surface area contributed by atoms with Gasteiger partial charge < -0.3 is 14.8 Å². The van der Waals surface area contributed by atoms with Gasteiger partial charge in [-0.25, -0.2) is 4.39 Å². The minimum Gasteiger partial charge on any atom is -0.494 e. The van der Waals surface area contributed by atoms with Gasteiger partial charge in [0.25, 0.3) is 0 Å². The minimum absolute atomic E-state index is 0.284. The second kappa shape index (κ2) is 5.36. The van der Waals surface area contributed by atoms with Gasteiger partial charge in [0.15, 0.2) is 0 Å². The van der Waals surface area contributed by atoms with Gasteiger partial charge in [0, 0.05) is 18.7 Å². The fourth-order valence-corrected chi connectivity index (χ4v) is 2.06. The van der Waals surface area contributed by atoms with E-state index in [0.717, 1.165) is 25.1 Å². The zero-order valence-electron chi connectivity index (χ0n) is 10.2. The average Bonchev–Trinajstić information content (AvgIpc) is 2.28. The highest BCUT2D eigenvalue weighted by Crippen LogP contribution is 2.31. The van der Waals surface area contributed by atoms with Crippen molar-refractivity contribution >= 4 is 5.69 Å². The summed E-state index contributed by atoms with van der Waals surface area (Å²) in [5, 5.41) is 3.34. The summed E-state index contributed by atoms with van der Waals surface area (Å²) in [4.78, 5) is 0. The van der Waals surface area contributed by atoms with Crippen LogP contribution in [-0.2, 0) is 4.74 Å². The molecule has 17 heavy (non-hydrogen) atoms. The molecule has 0 aromatic heterocycles. The van der Waals surface area contributed by atoms with Crippen LogP contribution in [0.3, 0.4) is 0 Å². The molecule has 1 saturated carbocycles. The van der Waals surface area contributed by atoms with Crippen LogP contribution < -0.4 is 10.1 Å². The molecule has 1 fully saturated rings. The molecule has 1 N–H and O–H groups in total. The molecule has 2 rings (SSSR count). The molecule has 1 aliphatic carbocycles. The number of halogens is 1. The van der Waals surface area contributed by atoms with Crippen molar-refractivity contribution in [2.24, 2.45) is 0 Å². The maximum Gasteiger partial charge on any atom is 0.144 e. The quantitative estimate of drug-likeness (QED) is 0.857. The lowest BCUT2D eigenvalue weighted by atomic mass is 9.89. The Kier molecular flexibility index (Phi) is 3.84. The molecule has 0 bridgehead atoms. The van der Waals surface area contributed by atoms with Crippen molar-refractivity contribution in [1.29, 1.82) is 0 Å². The van der Waals surface area contributed by atoms with E-state index in [1.807, 2.05) is 6.92 Å². The Morgan fingerprint density at radius 2 is 2.18 bits per heavy atom. The third-order valence-electron chi connectivity index (χ3n) is 3.02. The summed E-state index contributed by atoms with van der Waals surface area (Å²) < 4.78 is 23.6. The van der Waals surface area contributed by atoms with Gasteiger partial charge in [-0.15, -0.1) is 0 Å². The van der Waals surface area contributed by atoms with Crippen molar-refractivity contribution in [1.82, 2.24) is 0 Å². The first-order valence-electron chi connectivity index (χ1n) is 5.94. The first-order valence-corrected chi connectivity index (χ1v) is 5.94. The molecule has 0 atom stereocenters. The fourth-order valence-electron chi connectivity index (χ4n) is 2.06. The number of ether oxygens (including phenoxy) is 2. The Morgan fingerprint density at radius 3 is 2.82 bits per heavy atom. The second-order valence-corrected chi connectivity index (χ2v) is 4.23. The Hall–Kier alpha value is -1.29. The summed E-state index contributed by atoms with van der Waals surface area (Å²) in [7, 11) is 1.55. The molecule has 0 saturated heterocycles. The number of rotatable bonds is 5. The maximum absolute atomic E-state index is 13.0. The summed E-state index contributed by atoms with van der Waals surface area (Å²) in [6, 6.07) is 4.93. The minimum atomic E-state index is -0.284. The van der Waals surface area contributed by atoms with Crippen molar-refractivity contribution < 1.29 is 13.9 Å². The van der Waals surface area contributed by atoms with Gasteiger partial charge in [-0.05, 0) is 31.9 Å². The highest BCUT2D eigenvalue weighted by Gasteiger charge is 2.29. The largest absolute Gasteiger partial charge is 0.494 e. The molecule has 4 heteroatoms. The van der Waals surface area contributed by atoms with Crippen LogP contribution in [0.4, 0.5) is 10.1 Å². The number of nitrogens with one attached hydrogen (secondary N) is 1. The lowest BCUT2D eigenvalue weighted by Gasteiger charge is -2.36. The van der Waals surface area contributed by atoms with E-state index < -0.39 is 0 Å². The average molecular weight is 239 g/mol. The smallest absolute Gasteiger partial charge is 0.144 e. The summed E-state index contributed by atoms with van der Waals surface area (Å²) >= 11 is 0. The van der Waals surface area contributed by atoms with E-state index in [1.54, 1.807) is 13.2 Å². The molecule has 0 spiro atoms. The van der Waals surface area contributed by atoms with Crippen molar-refractivity contribution in [3.05, 3.63) is 24.0 Å². The number of benzene rings is 1. The number of anilines is 1. The molecule has 0 radical (unpaired) electrons. The maximum atomic E-state index is 13.0. The zero-order valence-corrected chi connectivity index (χ0v) is 10.2. The number of hydrogen-bond acceptors (Lipinski definition) is 3. The van der Waals surface area contributed by atoms with Crippen molar-refractivity contribution in [3.8, 4) is 5.75 Å². The summed E-state index contributed by atoms with van der Waals surface area (Å²) in [5.74, 6) is 0.262. The second-order valence-electron chi connectivity index (χ2n) is 4.23. The van der Waals surface area contributed by atoms with Crippen LogP contribution in [0.25, 0.3) is 0 Å². The van der Waals surface area contributed by atoms with E-state index in [-0.39, 0.29) is 5.82 Å². The van der Waals surface area contributed by atoms with Crippen LogP contribution in [0.15, 0.2) is 18.2 Å². The van der Waals surface area contributed by atoms with Crippen molar-refractivity contribution in [2.75, 3.05) is 19.0 Å². The monoisotopic (exact) mass is 239 g/mol. The molecule has 0 unspecified atom stereocenters. The van der Waals surface area contributed by atoms with Crippen LogP contribution >= 0.6 is 0 Å². The van der Waals surface area contributed by atoms with Gasteiger partial charge in [0.05, 0.1) is 18.9 Å². The van der Waals surface area contributed by atoms with Crippen LogP contribution in [0.2, 0.25) is 0 Å². The number of methoxy groups -OCH3 is 1. The van der Waals surface area contributed by atoms with Gasteiger partial charge in [0.1, 0.15) is 11.6 Å². The highest BCUT2D eigenvalue weighted by molar-refractivity contribution is 5.57. The van der Waals surface area contributed by atoms with Crippen LogP contribution in [0, 0.1) is 5.82 Å². The Labute approximate surface area is 101 Å². The Bertz CT molecular complexity index is 378. The molecular weight excluding hydrogens is 221 g/mol. The molecule has 0 aliphatic heterocycles. The van der Waals surface area contributed by atoms with Gasteiger partial charge in [-0.2, -0.15) is 0 Å². The van der Waals surface area contributed by atoms with Crippen LogP contribution in [0.5, 0.6) is 5.75 Å².